The summed E-state index contributed by atoms with van der Waals surface area (Å²) in [5.74, 6) is 2.87. The quantitative estimate of drug-likeness (QED) is 0.865. The third kappa shape index (κ3) is 3.97. The van der Waals surface area contributed by atoms with E-state index in [9.17, 15) is 4.79 Å². The molecule has 0 radical (unpaired) electrons. The molecule has 0 atom stereocenters. The Morgan fingerprint density at radius 3 is 2.64 bits per heavy atom. The van der Waals surface area contributed by atoms with Crippen molar-refractivity contribution in [2.75, 3.05) is 19.6 Å². The molecule has 0 bridgehead atoms. The summed E-state index contributed by atoms with van der Waals surface area (Å²) in [5.41, 5.74) is 1.32. The molecule has 0 aliphatic carbocycles. The van der Waals surface area contributed by atoms with Crippen molar-refractivity contribution in [3.8, 4) is 0 Å². The van der Waals surface area contributed by atoms with Crippen molar-refractivity contribution in [3.05, 3.63) is 47.5 Å². The SMILES string of the molecule is CC(C)(CCC(=O)N1CCC(c2nnc3n2CCNC3)CC1)c1ccccc1. The van der Waals surface area contributed by atoms with Crippen LogP contribution in [-0.2, 0) is 23.3 Å². The molecule has 1 fully saturated rings. The average Bonchev–Trinajstić information content (AvgIpc) is 3.17. The number of benzene rings is 1. The van der Waals surface area contributed by atoms with E-state index in [1.807, 2.05) is 11.0 Å². The van der Waals surface area contributed by atoms with Crippen LogP contribution >= 0.6 is 0 Å². The molecule has 1 aromatic carbocycles. The van der Waals surface area contributed by atoms with E-state index in [1.165, 1.54) is 5.56 Å². The minimum Gasteiger partial charge on any atom is -0.343 e. The number of hydrogen-bond donors (Lipinski definition) is 1. The molecule has 0 unspecified atom stereocenters. The largest absolute Gasteiger partial charge is 0.343 e. The minimum atomic E-state index is 0.0177. The second-order valence-electron chi connectivity index (χ2n) is 8.71. The Labute approximate surface area is 167 Å². The lowest BCUT2D eigenvalue weighted by molar-refractivity contribution is -0.132. The fourth-order valence-corrected chi connectivity index (χ4v) is 4.41. The molecular weight excluding hydrogens is 350 g/mol. The topological polar surface area (TPSA) is 63.1 Å². The highest BCUT2D eigenvalue weighted by Crippen LogP contribution is 2.31. The number of aromatic nitrogens is 3. The van der Waals surface area contributed by atoms with Gasteiger partial charge in [0.25, 0.3) is 0 Å². The number of amides is 1. The van der Waals surface area contributed by atoms with E-state index in [0.717, 1.165) is 63.6 Å². The molecule has 1 N–H and O–H groups in total. The molecule has 0 spiro atoms. The predicted molar refractivity (Wildman–Crippen MR) is 109 cm³/mol. The van der Waals surface area contributed by atoms with E-state index in [1.54, 1.807) is 0 Å². The molecule has 1 amide bonds. The number of nitrogens with zero attached hydrogens (tertiary/aromatic N) is 4. The molecule has 1 aromatic heterocycles. The van der Waals surface area contributed by atoms with Gasteiger partial charge >= 0.3 is 0 Å². The highest BCUT2D eigenvalue weighted by molar-refractivity contribution is 5.76. The van der Waals surface area contributed by atoms with Crippen LogP contribution in [-0.4, -0.2) is 45.2 Å². The number of rotatable bonds is 5. The third-order valence-electron chi connectivity index (χ3n) is 6.38. The zero-order valence-corrected chi connectivity index (χ0v) is 17.0. The zero-order valence-electron chi connectivity index (χ0n) is 17.0. The van der Waals surface area contributed by atoms with E-state index >= 15 is 0 Å². The summed E-state index contributed by atoms with van der Waals surface area (Å²) >= 11 is 0. The second-order valence-corrected chi connectivity index (χ2v) is 8.71. The van der Waals surface area contributed by atoms with E-state index in [0.29, 0.717) is 12.3 Å². The van der Waals surface area contributed by atoms with Gasteiger partial charge in [0.15, 0.2) is 0 Å². The Hall–Kier alpha value is -2.21. The molecule has 28 heavy (non-hydrogen) atoms. The van der Waals surface area contributed by atoms with Crippen molar-refractivity contribution in [2.45, 2.75) is 64.0 Å². The Bertz CT molecular complexity index is 806. The normalized spacial score (nSPS) is 18.1. The molecular formula is C22H31N5O. The lowest BCUT2D eigenvalue weighted by Crippen LogP contribution is -2.39. The number of piperidine rings is 1. The molecule has 2 aromatic rings. The predicted octanol–water partition coefficient (Wildman–Crippen LogP) is 2.85. The van der Waals surface area contributed by atoms with Crippen molar-refractivity contribution in [2.24, 2.45) is 0 Å². The molecule has 4 rings (SSSR count). The molecule has 6 nitrogen and oxygen atoms in total. The first-order valence-electron chi connectivity index (χ1n) is 10.5. The molecule has 1 saturated heterocycles. The second kappa shape index (κ2) is 8.03. The van der Waals surface area contributed by atoms with Crippen molar-refractivity contribution >= 4 is 5.91 Å². The molecule has 150 valence electrons. The molecule has 3 heterocycles. The van der Waals surface area contributed by atoms with Gasteiger partial charge in [-0.1, -0.05) is 44.2 Å². The van der Waals surface area contributed by atoms with Gasteiger partial charge in [-0.2, -0.15) is 0 Å². The van der Waals surface area contributed by atoms with Crippen LogP contribution in [0.4, 0.5) is 0 Å². The van der Waals surface area contributed by atoms with Crippen LogP contribution in [0, 0.1) is 0 Å². The van der Waals surface area contributed by atoms with Crippen LogP contribution in [0.25, 0.3) is 0 Å². The number of likely N-dealkylation sites (tertiary alicyclic amines) is 1. The maximum absolute atomic E-state index is 12.8. The summed E-state index contributed by atoms with van der Waals surface area (Å²) in [6, 6.07) is 10.5. The summed E-state index contributed by atoms with van der Waals surface area (Å²) in [6.07, 6.45) is 3.46. The molecule has 2 aliphatic heterocycles. The Balaban J connectivity index is 1.30. The molecule has 0 saturated carbocycles. The van der Waals surface area contributed by atoms with Crippen LogP contribution in [0.15, 0.2) is 30.3 Å². The molecule has 6 heteroatoms. The monoisotopic (exact) mass is 381 g/mol. The average molecular weight is 382 g/mol. The van der Waals surface area contributed by atoms with Gasteiger partial charge in [0.1, 0.15) is 11.6 Å². The minimum absolute atomic E-state index is 0.0177. The first-order valence-corrected chi connectivity index (χ1v) is 10.5. The van der Waals surface area contributed by atoms with Gasteiger partial charge < -0.3 is 14.8 Å². The Kier molecular flexibility index (Phi) is 5.49. The summed E-state index contributed by atoms with van der Waals surface area (Å²) in [7, 11) is 0. The standard InChI is InChI=1S/C22H31N5O/c1-22(2,18-6-4-3-5-7-18)11-8-20(28)26-13-9-17(10-14-26)21-25-24-19-16-23-12-15-27(19)21/h3-7,17,23H,8-16H2,1-2H3. The smallest absolute Gasteiger partial charge is 0.222 e. The van der Waals surface area contributed by atoms with Crippen molar-refractivity contribution in [1.82, 2.24) is 25.0 Å². The van der Waals surface area contributed by atoms with E-state index in [4.69, 9.17) is 0 Å². The highest BCUT2D eigenvalue weighted by atomic mass is 16.2. The summed E-state index contributed by atoms with van der Waals surface area (Å²) in [6.45, 7) is 8.85. The first-order chi connectivity index (χ1) is 13.5. The van der Waals surface area contributed by atoms with Crippen molar-refractivity contribution in [1.29, 1.82) is 0 Å². The lowest BCUT2D eigenvalue weighted by Gasteiger charge is -2.33. The first kappa shape index (κ1) is 19.1. The van der Waals surface area contributed by atoms with Gasteiger partial charge in [0.05, 0.1) is 6.54 Å². The van der Waals surface area contributed by atoms with Crippen molar-refractivity contribution in [3.63, 3.8) is 0 Å². The lowest BCUT2D eigenvalue weighted by atomic mass is 9.80. The molecule has 2 aliphatic rings. The van der Waals surface area contributed by atoms with Crippen LogP contribution in [0.2, 0.25) is 0 Å². The number of hydrogen-bond acceptors (Lipinski definition) is 4. The van der Waals surface area contributed by atoms with E-state index in [-0.39, 0.29) is 11.3 Å². The van der Waals surface area contributed by atoms with Gasteiger partial charge in [-0.15, -0.1) is 10.2 Å². The third-order valence-corrected chi connectivity index (χ3v) is 6.38. The number of fused-ring (bicyclic) bond motifs is 1. The Morgan fingerprint density at radius 1 is 1.14 bits per heavy atom. The number of nitrogens with one attached hydrogen (secondary N) is 1. The van der Waals surface area contributed by atoms with Gasteiger partial charge in [-0.25, -0.2) is 0 Å². The summed E-state index contributed by atoms with van der Waals surface area (Å²) in [5, 5.41) is 12.1. The van der Waals surface area contributed by atoms with Gasteiger partial charge in [-0.05, 0) is 30.2 Å². The van der Waals surface area contributed by atoms with E-state index < -0.39 is 0 Å². The summed E-state index contributed by atoms with van der Waals surface area (Å²) < 4.78 is 2.28. The number of carbonyl (C=O) groups excluding carboxylic acids is 1. The van der Waals surface area contributed by atoms with Crippen LogP contribution in [0.1, 0.15) is 62.7 Å². The Morgan fingerprint density at radius 2 is 1.89 bits per heavy atom. The van der Waals surface area contributed by atoms with Crippen LogP contribution < -0.4 is 5.32 Å². The maximum Gasteiger partial charge on any atom is 0.222 e. The zero-order chi connectivity index (χ0) is 19.6. The fourth-order valence-electron chi connectivity index (χ4n) is 4.41. The van der Waals surface area contributed by atoms with E-state index in [2.05, 4.69) is 58.2 Å². The van der Waals surface area contributed by atoms with Gasteiger partial charge in [0.2, 0.25) is 5.91 Å². The van der Waals surface area contributed by atoms with Crippen LogP contribution in [0.3, 0.4) is 0 Å². The highest BCUT2D eigenvalue weighted by Gasteiger charge is 2.29. The van der Waals surface area contributed by atoms with Crippen LogP contribution in [0.5, 0.6) is 0 Å². The number of carbonyl (C=O) groups is 1. The van der Waals surface area contributed by atoms with Gasteiger partial charge in [0, 0.05) is 38.5 Å². The van der Waals surface area contributed by atoms with Gasteiger partial charge in [-0.3, -0.25) is 4.79 Å². The summed E-state index contributed by atoms with van der Waals surface area (Å²) in [4.78, 5) is 14.8. The fraction of sp³-hybridized carbons (Fsp3) is 0.591. The maximum atomic E-state index is 12.8. The van der Waals surface area contributed by atoms with Crippen molar-refractivity contribution < 1.29 is 4.79 Å².